The van der Waals surface area contributed by atoms with Crippen LogP contribution in [0.5, 0.6) is 0 Å². The van der Waals surface area contributed by atoms with Gasteiger partial charge in [-0.15, -0.1) is 6.58 Å². The molecule has 0 amide bonds. The Balaban J connectivity index is 0. The molecule has 0 fully saturated rings. The second kappa shape index (κ2) is 25.0. The number of nitrogens with two attached hydrogens (primary N) is 1. The van der Waals surface area contributed by atoms with Crippen molar-refractivity contribution in [1.82, 2.24) is 5.32 Å². The molecule has 200 valence electrons. The van der Waals surface area contributed by atoms with E-state index >= 15 is 0 Å². The van der Waals surface area contributed by atoms with Crippen LogP contribution in [0.2, 0.25) is 12.6 Å². The first-order valence-corrected chi connectivity index (χ1v) is 17.2. The third-order valence-electron chi connectivity index (χ3n) is 5.76. The lowest BCUT2D eigenvalue weighted by atomic mass is 10.1. The van der Waals surface area contributed by atoms with Crippen LogP contribution in [0.1, 0.15) is 77.6 Å². The van der Waals surface area contributed by atoms with Gasteiger partial charge >= 0.3 is 17.4 Å². The minimum atomic E-state index is -2.48. The molecule has 0 rings (SSSR count). The van der Waals surface area contributed by atoms with E-state index in [1.54, 1.807) is 34.5 Å². The maximum Gasteiger partial charge on any atom is 0.515 e. The largest absolute Gasteiger partial charge is 0.515 e. The highest BCUT2D eigenvalue weighted by molar-refractivity contribution is 6.65. The fourth-order valence-electron chi connectivity index (χ4n) is 3.29. The predicted molar refractivity (Wildman–Crippen MR) is 145 cm³/mol. The lowest BCUT2D eigenvalue weighted by Gasteiger charge is -2.25. The van der Waals surface area contributed by atoms with Gasteiger partial charge in [-0.25, -0.2) is 0 Å². The van der Waals surface area contributed by atoms with Gasteiger partial charge in [0.2, 0.25) is 0 Å². The number of hydrogen-bond donors (Lipinski definition) is 2. The average Bonchev–Trinajstić information content (AvgIpc) is 2.85. The highest BCUT2D eigenvalue weighted by Gasteiger charge is 2.38. The summed E-state index contributed by atoms with van der Waals surface area (Å²) in [5, 5.41) is 3.24. The fraction of sp³-hybridized carbons (Fsp3) is 0.917. The van der Waals surface area contributed by atoms with Crippen LogP contribution in [-0.2, 0) is 22.1 Å². The van der Waals surface area contributed by atoms with E-state index in [9.17, 15) is 0 Å². The molecule has 0 saturated heterocycles. The summed E-state index contributed by atoms with van der Waals surface area (Å²) in [6.45, 7) is 10.1. The van der Waals surface area contributed by atoms with Crippen molar-refractivity contribution < 1.29 is 22.1 Å². The van der Waals surface area contributed by atoms with E-state index in [1.807, 2.05) is 0 Å². The molecule has 0 unspecified atom stereocenters. The maximum absolute atomic E-state index is 5.54. The van der Waals surface area contributed by atoms with Crippen molar-refractivity contribution in [1.29, 1.82) is 0 Å². The molecule has 7 nitrogen and oxygen atoms in total. The van der Waals surface area contributed by atoms with Crippen LogP contribution >= 0.6 is 0 Å². The van der Waals surface area contributed by atoms with Crippen LogP contribution < -0.4 is 11.1 Å². The molecule has 0 heterocycles. The molecular formula is C24H56N2O5Si2. The Hall–Kier alpha value is -0.106. The van der Waals surface area contributed by atoms with Gasteiger partial charge in [0.05, 0.1) is 12.8 Å². The van der Waals surface area contributed by atoms with Gasteiger partial charge in [-0.3, -0.25) is 0 Å². The highest BCUT2D eigenvalue weighted by atomic mass is 28.4. The quantitative estimate of drug-likeness (QED) is 0.112. The molecule has 0 aliphatic heterocycles. The number of hydrogen-bond acceptors (Lipinski definition) is 7. The lowest BCUT2D eigenvalue weighted by Crippen LogP contribution is -2.53. The average molecular weight is 509 g/mol. The summed E-state index contributed by atoms with van der Waals surface area (Å²) in [5.74, 6) is 0. The summed E-state index contributed by atoms with van der Waals surface area (Å²) in [6, 6.07) is 1.12. The van der Waals surface area contributed by atoms with Gasteiger partial charge in [0.25, 0.3) is 0 Å². The molecule has 0 atom stereocenters. The van der Waals surface area contributed by atoms with Crippen LogP contribution in [0.15, 0.2) is 12.7 Å². The molecule has 33 heavy (non-hydrogen) atoms. The molecule has 0 spiro atoms. The van der Waals surface area contributed by atoms with E-state index in [0.717, 1.165) is 25.6 Å². The smallest absolute Gasteiger partial charge is 0.398 e. The third kappa shape index (κ3) is 20.9. The van der Waals surface area contributed by atoms with Crippen LogP contribution in [0.4, 0.5) is 0 Å². The summed E-state index contributed by atoms with van der Waals surface area (Å²) < 4.78 is 27.2. The molecule has 0 aromatic rings. The zero-order valence-corrected chi connectivity index (χ0v) is 24.7. The summed E-state index contributed by atoms with van der Waals surface area (Å²) in [4.78, 5) is 0. The van der Waals surface area contributed by atoms with Gasteiger partial charge < -0.3 is 33.2 Å². The normalized spacial score (nSPS) is 11.8. The van der Waals surface area contributed by atoms with Crippen molar-refractivity contribution >= 4 is 17.4 Å². The second-order valence-electron chi connectivity index (χ2n) is 8.48. The van der Waals surface area contributed by atoms with Gasteiger partial charge in [-0.05, 0) is 38.5 Å². The second-order valence-corrected chi connectivity index (χ2v) is 14.9. The van der Waals surface area contributed by atoms with Crippen molar-refractivity contribution in [2.24, 2.45) is 5.73 Å². The molecule has 0 bridgehead atoms. The lowest BCUT2D eigenvalue weighted by molar-refractivity contribution is 0.108. The van der Waals surface area contributed by atoms with Crippen molar-refractivity contribution in [2.45, 2.75) is 90.1 Å². The predicted octanol–water partition coefficient (Wildman–Crippen LogP) is 5.17. The first-order chi connectivity index (χ1) is 15.9. The summed E-state index contributed by atoms with van der Waals surface area (Å²) >= 11 is 0. The summed E-state index contributed by atoms with van der Waals surface area (Å²) in [5.41, 5.74) is 5.47. The van der Waals surface area contributed by atoms with E-state index in [2.05, 4.69) is 25.4 Å². The number of rotatable bonds is 23. The maximum atomic E-state index is 5.54. The van der Waals surface area contributed by atoms with Crippen LogP contribution in [-0.4, -0.2) is 71.7 Å². The molecule has 9 heteroatoms. The van der Waals surface area contributed by atoms with Gasteiger partial charge in [-0.1, -0.05) is 70.8 Å². The molecule has 0 aliphatic rings. The molecule has 0 aromatic carbocycles. The monoisotopic (exact) mass is 508 g/mol. The minimum Gasteiger partial charge on any atom is -0.398 e. The van der Waals surface area contributed by atoms with Gasteiger partial charge in [0.15, 0.2) is 0 Å². The Bertz CT molecular complexity index is 412. The van der Waals surface area contributed by atoms with E-state index in [-0.39, 0.29) is 0 Å². The standard InChI is InChI=1S/C15H35NO2Si.C9H21NO3Si/c1-17-19(3,18-2)15-13-11-9-7-5-4-6-8-10-12-14-16;1-5-7-10-9-14(11-3,12-4)13-8-6-2/h4-16H2,1-3H3;6,10H,2,5,7-9H2,1,3-4H3. The first kappa shape index (κ1) is 35.1. The topological polar surface area (TPSA) is 84.2 Å². The Labute approximate surface area is 207 Å². The third-order valence-corrected chi connectivity index (χ3v) is 11.3. The van der Waals surface area contributed by atoms with Crippen LogP contribution in [0, 0.1) is 0 Å². The van der Waals surface area contributed by atoms with E-state index in [0.29, 0.717) is 12.8 Å². The fourth-order valence-corrected chi connectivity index (χ4v) is 6.41. The van der Waals surface area contributed by atoms with Crippen LogP contribution in [0.3, 0.4) is 0 Å². The molecule has 0 aliphatic carbocycles. The Morgan fingerprint density at radius 1 is 0.788 bits per heavy atom. The van der Waals surface area contributed by atoms with E-state index in [4.69, 9.17) is 27.9 Å². The highest BCUT2D eigenvalue weighted by Crippen LogP contribution is 2.17. The van der Waals surface area contributed by atoms with Gasteiger partial charge in [0.1, 0.15) is 0 Å². The Morgan fingerprint density at radius 3 is 1.67 bits per heavy atom. The van der Waals surface area contributed by atoms with Gasteiger partial charge in [-0.2, -0.15) is 0 Å². The van der Waals surface area contributed by atoms with Crippen molar-refractivity contribution in [3.63, 3.8) is 0 Å². The van der Waals surface area contributed by atoms with Crippen molar-refractivity contribution in [3.05, 3.63) is 12.7 Å². The molecule has 0 saturated carbocycles. The van der Waals surface area contributed by atoms with Crippen LogP contribution in [0.25, 0.3) is 0 Å². The molecule has 3 N–H and O–H groups in total. The number of unbranched alkanes of at least 4 members (excludes halogenated alkanes) is 9. The number of nitrogens with one attached hydrogen (secondary N) is 1. The Morgan fingerprint density at radius 2 is 1.27 bits per heavy atom. The van der Waals surface area contributed by atoms with Crippen molar-refractivity contribution in [2.75, 3.05) is 54.3 Å². The zero-order valence-electron chi connectivity index (χ0n) is 22.7. The van der Waals surface area contributed by atoms with E-state index < -0.39 is 17.4 Å². The van der Waals surface area contributed by atoms with Crippen molar-refractivity contribution in [3.8, 4) is 0 Å². The summed E-state index contributed by atoms with van der Waals surface area (Å²) in [7, 11) is 2.51. The van der Waals surface area contributed by atoms with Gasteiger partial charge in [0, 0.05) is 28.4 Å². The molecule has 0 aromatic heterocycles. The first-order valence-electron chi connectivity index (χ1n) is 12.8. The SMILES string of the molecule is C=CCO[Si](CNCCC)(OC)OC.CO[Si](C)(CCCCCCCCCCCCN)OC. The molecular weight excluding hydrogens is 452 g/mol. The Kier molecular flexibility index (Phi) is 26.6. The molecule has 0 radical (unpaired) electrons. The van der Waals surface area contributed by atoms with E-state index in [1.165, 1.54) is 64.2 Å². The summed E-state index contributed by atoms with van der Waals surface area (Å²) in [6.07, 6.45) is 16.8. The zero-order chi connectivity index (χ0) is 25.3. The minimum absolute atomic E-state index is 0.460.